The Kier molecular flexibility index (Phi) is 5.48. The molecule has 1 aliphatic heterocycles. The largest absolute Gasteiger partial charge is 0.383 e. The summed E-state index contributed by atoms with van der Waals surface area (Å²) in [5.74, 6) is 0. The number of benzene rings is 1. The van der Waals surface area contributed by atoms with Gasteiger partial charge in [-0.2, -0.15) is 0 Å². The fourth-order valence-electron chi connectivity index (χ4n) is 2.73. The Morgan fingerprint density at radius 2 is 2.21 bits per heavy atom. The van der Waals surface area contributed by atoms with Crippen molar-refractivity contribution in [3.8, 4) is 0 Å². The number of rotatable bonds is 4. The van der Waals surface area contributed by atoms with Crippen LogP contribution in [0.15, 0.2) is 18.2 Å². The first-order valence-electron chi connectivity index (χ1n) is 6.57. The summed E-state index contributed by atoms with van der Waals surface area (Å²) in [5.41, 5.74) is 7.37. The third-order valence-corrected chi connectivity index (χ3v) is 4.21. The van der Waals surface area contributed by atoms with Gasteiger partial charge in [0.05, 0.1) is 12.6 Å². The Morgan fingerprint density at radius 3 is 2.89 bits per heavy atom. The van der Waals surface area contributed by atoms with Crippen molar-refractivity contribution in [1.29, 1.82) is 0 Å². The van der Waals surface area contributed by atoms with Gasteiger partial charge in [-0.15, -0.1) is 0 Å². The summed E-state index contributed by atoms with van der Waals surface area (Å²) in [6, 6.07) is 5.89. The minimum Gasteiger partial charge on any atom is -0.383 e. The van der Waals surface area contributed by atoms with Crippen LogP contribution in [-0.4, -0.2) is 37.7 Å². The first-order chi connectivity index (χ1) is 9.13. The van der Waals surface area contributed by atoms with E-state index in [1.807, 2.05) is 12.1 Å². The van der Waals surface area contributed by atoms with E-state index < -0.39 is 0 Å². The molecule has 2 atom stereocenters. The molecule has 0 aliphatic carbocycles. The summed E-state index contributed by atoms with van der Waals surface area (Å²) in [6.07, 6.45) is 2.14. The molecule has 1 saturated heterocycles. The van der Waals surface area contributed by atoms with Gasteiger partial charge in [-0.05, 0) is 37.1 Å². The molecule has 0 saturated carbocycles. The first-order valence-corrected chi connectivity index (χ1v) is 7.32. The number of hydrogen-bond donors (Lipinski definition) is 1. The molecule has 1 aromatic carbocycles. The number of halogens is 2. The van der Waals surface area contributed by atoms with E-state index in [4.69, 9.17) is 33.7 Å². The monoisotopic (exact) mass is 302 g/mol. The number of piperidine rings is 1. The van der Waals surface area contributed by atoms with Gasteiger partial charge >= 0.3 is 0 Å². The zero-order valence-electron chi connectivity index (χ0n) is 11.1. The zero-order chi connectivity index (χ0) is 13.8. The maximum Gasteiger partial charge on any atom is 0.0589 e. The summed E-state index contributed by atoms with van der Waals surface area (Å²) >= 11 is 12.3. The smallest absolute Gasteiger partial charge is 0.0589 e. The van der Waals surface area contributed by atoms with Crippen molar-refractivity contribution in [3.63, 3.8) is 0 Å². The molecule has 2 rings (SSSR count). The lowest BCUT2D eigenvalue weighted by molar-refractivity contribution is 0.0848. The van der Waals surface area contributed by atoms with E-state index in [0.717, 1.165) is 31.5 Å². The van der Waals surface area contributed by atoms with Gasteiger partial charge in [-0.1, -0.05) is 29.3 Å². The number of nitrogens with zero attached hydrogens (tertiary/aromatic N) is 1. The van der Waals surface area contributed by atoms with Crippen molar-refractivity contribution in [2.75, 3.05) is 26.8 Å². The van der Waals surface area contributed by atoms with Gasteiger partial charge < -0.3 is 10.5 Å². The van der Waals surface area contributed by atoms with E-state index in [1.165, 1.54) is 0 Å². The highest BCUT2D eigenvalue weighted by Crippen LogP contribution is 2.35. The van der Waals surface area contributed by atoms with E-state index >= 15 is 0 Å². The van der Waals surface area contributed by atoms with Crippen molar-refractivity contribution < 1.29 is 4.74 Å². The third kappa shape index (κ3) is 3.61. The maximum atomic E-state index is 6.33. The summed E-state index contributed by atoms with van der Waals surface area (Å²) in [4.78, 5) is 2.35. The van der Waals surface area contributed by atoms with Gasteiger partial charge in [0.15, 0.2) is 0 Å². The second-order valence-electron chi connectivity index (χ2n) is 4.95. The molecular weight excluding hydrogens is 283 g/mol. The lowest BCUT2D eigenvalue weighted by Crippen LogP contribution is -2.47. The number of methoxy groups -OCH3 is 1. The van der Waals surface area contributed by atoms with Crippen molar-refractivity contribution >= 4 is 23.2 Å². The van der Waals surface area contributed by atoms with Crippen LogP contribution in [0.5, 0.6) is 0 Å². The Balaban J connectivity index is 2.25. The molecule has 5 heteroatoms. The molecule has 106 valence electrons. The fraction of sp³-hybridized carbons (Fsp3) is 0.571. The first kappa shape index (κ1) is 15.1. The Labute approximate surface area is 124 Å². The molecule has 1 aromatic rings. The molecule has 0 bridgehead atoms. The number of likely N-dealkylation sites (tertiary alicyclic amines) is 1. The summed E-state index contributed by atoms with van der Waals surface area (Å²) in [7, 11) is 1.72. The molecule has 2 unspecified atom stereocenters. The van der Waals surface area contributed by atoms with E-state index in [9.17, 15) is 0 Å². The average Bonchev–Trinajstić information content (AvgIpc) is 2.37. The second-order valence-corrected chi connectivity index (χ2v) is 5.79. The molecule has 0 spiro atoms. The molecule has 0 amide bonds. The van der Waals surface area contributed by atoms with Crippen LogP contribution in [-0.2, 0) is 4.74 Å². The quantitative estimate of drug-likeness (QED) is 0.929. The van der Waals surface area contributed by atoms with Gasteiger partial charge in [-0.3, -0.25) is 4.90 Å². The number of ether oxygens (including phenoxy) is 1. The van der Waals surface area contributed by atoms with Crippen molar-refractivity contribution in [3.05, 3.63) is 33.8 Å². The lowest BCUT2D eigenvalue weighted by Gasteiger charge is -2.40. The normalized spacial score (nSPS) is 24.6. The van der Waals surface area contributed by atoms with Crippen LogP contribution in [0.1, 0.15) is 24.4 Å². The third-order valence-electron chi connectivity index (χ3n) is 3.65. The van der Waals surface area contributed by atoms with E-state index in [2.05, 4.69) is 4.90 Å². The Morgan fingerprint density at radius 1 is 1.42 bits per heavy atom. The van der Waals surface area contributed by atoms with Crippen molar-refractivity contribution in [1.82, 2.24) is 4.90 Å². The summed E-state index contributed by atoms with van der Waals surface area (Å²) < 4.78 is 5.18. The SMILES string of the molecule is COCCN1CCCC(N)C1c1ccc(Cl)cc1Cl. The highest BCUT2D eigenvalue weighted by molar-refractivity contribution is 6.35. The Bertz CT molecular complexity index is 428. The van der Waals surface area contributed by atoms with Crippen LogP contribution < -0.4 is 5.73 Å². The predicted octanol–water partition coefficient (Wildman–Crippen LogP) is 3.10. The number of hydrogen-bond acceptors (Lipinski definition) is 3. The van der Waals surface area contributed by atoms with Crippen LogP contribution in [0.25, 0.3) is 0 Å². The number of nitrogens with two attached hydrogens (primary N) is 1. The van der Waals surface area contributed by atoms with E-state index in [0.29, 0.717) is 16.7 Å². The molecule has 19 heavy (non-hydrogen) atoms. The lowest BCUT2D eigenvalue weighted by atomic mass is 9.91. The molecular formula is C14H20Cl2N2O. The van der Waals surface area contributed by atoms with Gasteiger partial charge in [0.1, 0.15) is 0 Å². The van der Waals surface area contributed by atoms with Gasteiger partial charge in [0.25, 0.3) is 0 Å². The average molecular weight is 303 g/mol. The molecule has 0 aromatic heterocycles. The highest BCUT2D eigenvalue weighted by atomic mass is 35.5. The second kappa shape index (κ2) is 6.91. The van der Waals surface area contributed by atoms with Gasteiger partial charge in [-0.25, -0.2) is 0 Å². The minimum atomic E-state index is 0.101. The van der Waals surface area contributed by atoms with Crippen LogP contribution in [0.2, 0.25) is 10.0 Å². The minimum absolute atomic E-state index is 0.101. The maximum absolute atomic E-state index is 6.33. The van der Waals surface area contributed by atoms with Crippen LogP contribution in [0, 0.1) is 0 Å². The predicted molar refractivity (Wildman–Crippen MR) is 79.9 cm³/mol. The summed E-state index contributed by atoms with van der Waals surface area (Å²) in [5, 5.41) is 1.35. The molecule has 2 N–H and O–H groups in total. The van der Waals surface area contributed by atoms with E-state index in [-0.39, 0.29) is 12.1 Å². The summed E-state index contributed by atoms with van der Waals surface area (Å²) in [6.45, 7) is 2.60. The standard InChI is InChI=1S/C14H20Cl2N2O/c1-19-8-7-18-6-2-3-13(17)14(18)11-5-4-10(15)9-12(11)16/h4-5,9,13-14H,2-3,6-8,17H2,1H3. The molecule has 0 radical (unpaired) electrons. The van der Waals surface area contributed by atoms with Gasteiger partial charge in [0.2, 0.25) is 0 Å². The topological polar surface area (TPSA) is 38.5 Å². The van der Waals surface area contributed by atoms with Crippen molar-refractivity contribution in [2.45, 2.75) is 24.9 Å². The fourth-order valence-corrected chi connectivity index (χ4v) is 3.25. The van der Waals surface area contributed by atoms with Gasteiger partial charge in [0, 0.05) is 29.7 Å². The molecule has 1 fully saturated rings. The van der Waals surface area contributed by atoms with Crippen LogP contribution >= 0.6 is 23.2 Å². The Hall–Kier alpha value is -0.320. The molecule has 1 heterocycles. The van der Waals surface area contributed by atoms with E-state index in [1.54, 1.807) is 13.2 Å². The van der Waals surface area contributed by atoms with Crippen LogP contribution in [0.3, 0.4) is 0 Å². The highest BCUT2D eigenvalue weighted by Gasteiger charge is 2.31. The zero-order valence-corrected chi connectivity index (χ0v) is 12.6. The van der Waals surface area contributed by atoms with Crippen molar-refractivity contribution in [2.24, 2.45) is 5.73 Å². The molecule has 1 aliphatic rings. The van der Waals surface area contributed by atoms with Crippen LogP contribution in [0.4, 0.5) is 0 Å². The molecule has 3 nitrogen and oxygen atoms in total.